The molecule has 0 radical (unpaired) electrons. The minimum atomic E-state index is -0.0525. The molecule has 2 rings (SSSR count). The van der Waals surface area contributed by atoms with Gasteiger partial charge < -0.3 is 5.11 Å². The molecule has 2 N–H and O–H groups in total. The molecular weight excluding hydrogens is 222 g/mol. The van der Waals surface area contributed by atoms with Gasteiger partial charge in [0.15, 0.2) is 0 Å². The first kappa shape index (κ1) is 13.1. The van der Waals surface area contributed by atoms with Crippen LogP contribution >= 0.6 is 0 Å². The van der Waals surface area contributed by atoms with Crippen LogP contribution in [0.15, 0.2) is 30.3 Å². The Labute approximate surface area is 109 Å². The van der Waals surface area contributed by atoms with Gasteiger partial charge in [-0.1, -0.05) is 49.1 Å². The summed E-state index contributed by atoms with van der Waals surface area (Å²) in [6.45, 7) is 0.254. The van der Waals surface area contributed by atoms with Crippen molar-refractivity contribution in [2.45, 2.75) is 37.8 Å². The topological polar surface area (TPSA) is 32.3 Å². The molecule has 0 saturated heterocycles. The van der Waals surface area contributed by atoms with E-state index in [1.807, 2.05) is 30.3 Å². The number of aliphatic hydroxyl groups excluding tert-OH is 1. The van der Waals surface area contributed by atoms with Gasteiger partial charge in [0.25, 0.3) is 0 Å². The largest absolute Gasteiger partial charge is 0.396 e. The van der Waals surface area contributed by atoms with Gasteiger partial charge in [0, 0.05) is 12.6 Å². The summed E-state index contributed by atoms with van der Waals surface area (Å²) in [5.41, 5.74) is 1.13. The summed E-state index contributed by atoms with van der Waals surface area (Å²) in [7, 11) is 0. The normalized spacial score (nSPS) is 25.3. The highest BCUT2D eigenvalue weighted by atomic mass is 16.3. The van der Waals surface area contributed by atoms with Gasteiger partial charge in [-0.2, -0.15) is 0 Å². The van der Waals surface area contributed by atoms with E-state index in [4.69, 9.17) is 6.42 Å². The molecule has 18 heavy (non-hydrogen) atoms. The highest BCUT2D eigenvalue weighted by molar-refractivity contribution is 5.25. The van der Waals surface area contributed by atoms with E-state index in [9.17, 15) is 5.11 Å². The van der Waals surface area contributed by atoms with E-state index in [2.05, 4.69) is 11.2 Å². The fourth-order valence-corrected chi connectivity index (χ4v) is 2.75. The van der Waals surface area contributed by atoms with E-state index in [0.29, 0.717) is 12.0 Å². The average Bonchev–Trinajstić information content (AvgIpc) is 2.46. The van der Waals surface area contributed by atoms with Gasteiger partial charge >= 0.3 is 0 Å². The van der Waals surface area contributed by atoms with Gasteiger partial charge in [0.2, 0.25) is 0 Å². The van der Waals surface area contributed by atoms with Crippen LogP contribution < -0.4 is 5.32 Å². The maximum atomic E-state index is 9.43. The van der Waals surface area contributed by atoms with Crippen LogP contribution in [0.25, 0.3) is 0 Å². The van der Waals surface area contributed by atoms with E-state index in [1.165, 1.54) is 12.8 Å². The standard InChI is InChI=1S/C16H21NO/c1-2-15(13-8-4-3-5-9-13)17-16-11-7-6-10-14(16)12-18/h1,3-5,8-9,14-18H,6-7,10-12H2. The average molecular weight is 243 g/mol. The Bertz CT molecular complexity index is 395. The first-order valence-corrected chi connectivity index (χ1v) is 6.73. The summed E-state index contributed by atoms with van der Waals surface area (Å²) >= 11 is 0. The zero-order valence-corrected chi connectivity index (χ0v) is 10.7. The molecule has 1 aliphatic carbocycles. The van der Waals surface area contributed by atoms with Gasteiger partial charge in [-0.15, -0.1) is 6.42 Å². The van der Waals surface area contributed by atoms with Crippen molar-refractivity contribution in [3.63, 3.8) is 0 Å². The fourth-order valence-electron chi connectivity index (χ4n) is 2.75. The predicted molar refractivity (Wildman–Crippen MR) is 74.0 cm³/mol. The van der Waals surface area contributed by atoms with Crippen LogP contribution in [0.4, 0.5) is 0 Å². The van der Waals surface area contributed by atoms with Crippen LogP contribution in [0.2, 0.25) is 0 Å². The Morgan fingerprint density at radius 1 is 1.28 bits per heavy atom. The SMILES string of the molecule is C#CC(NC1CCCCC1CO)c1ccccc1. The van der Waals surface area contributed by atoms with Gasteiger partial charge in [-0.3, -0.25) is 5.32 Å². The Hall–Kier alpha value is -1.30. The molecule has 0 bridgehead atoms. The van der Waals surface area contributed by atoms with Crippen molar-refractivity contribution in [3.05, 3.63) is 35.9 Å². The van der Waals surface area contributed by atoms with Gasteiger partial charge in [0.05, 0.1) is 6.04 Å². The Morgan fingerprint density at radius 3 is 2.67 bits per heavy atom. The lowest BCUT2D eigenvalue weighted by Crippen LogP contribution is -2.41. The number of hydrogen-bond donors (Lipinski definition) is 2. The second kappa shape index (κ2) is 6.58. The third kappa shape index (κ3) is 3.13. The zero-order chi connectivity index (χ0) is 12.8. The van der Waals surface area contributed by atoms with Crippen LogP contribution in [0.1, 0.15) is 37.3 Å². The lowest BCUT2D eigenvalue weighted by Gasteiger charge is -2.33. The van der Waals surface area contributed by atoms with Gasteiger partial charge in [0.1, 0.15) is 0 Å². The lowest BCUT2D eigenvalue weighted by atomic mass is 9.84. The van der Waals surface area contributed by atoms with Crippen molar-refractivity contribution in [3.8, 4) is 12.3 Å². The van der Waals surface area contributed by atoms with Crippen LogP contribution in [-0.2, 0) is 0 Å². The van der Waals surface area contributed by atoms with Crippen LogP contribution in [0.3, 0.4) is 0 Å². The molecule has 0 amide bonds. The van der Waals surface area contributed by atoms with Gasteiger partial charge in [-0.05, 0) is 24.3 Å². The minimum absolute atomic E-state index is 0.0525. The lowest BCUT2D eigenvalue weighted by molar-refractivity contribution is 0.150. The summed E-state index contributed by atoms with van der Waals surface area (Å²) < 4.78 is 0. The van der Waals surface area contributed by atoms with E-state index in [1.54, 1.807) is 0 Å². The minimum Gasteiger partial charge on any atom is -0.396 e. The van der Waals surface area contributed by atoms with E-state index in [0.717, 1.165) is 18.4 Å². The second-order valence-electron chi connectivity index (χ2n) is 5.01. The van der Waals surface area contributed by atoms with Crippen molar-refractivity contribution in [1.29, 1.82) is 0 Å². The van der Waals surface area contributed by atoms with Crippen molar-refractivity contribution in [1.82, 2.24) is 5.32 Å². The molecule has 1 aromatic rings. The van der Waals surface area contributed by atoms with Crippen LogP contribution in [-0.4, -0.2) is 17.8 Å². The van der Waals surface area contributed by atoms with Crippen LogP contribution in [0, 0.1) is 18.3 Å². The molecule has 1 aliphatic rings. The molecule has 0 aromatic heterocycles. The van der Waals surface area contributed by atoms with E-state index < -0.39 is 0 Å². The van der Waals surface area contributed by atoms with Crippen LogP contribution in [0.5, 0.6) is 0 Å². The maximum Gasteiger partial charge on any atom is 0.0945 e. The number of terminal acetylenes is 1. The van der Waals surface area contributed by atoms with E-state index >= 15 is 0 Å². The van der Waals surface area contributed by atoms with Crippen molar-refractivity contribution in [2.75, 3.05) is 6.61 Å². The Balaban J connectivity index is 2.04. The number of rotatable bonds is 4. The first-order valence-electron chi connectivity index (χ1n) is 6.73. The van der Waals surface area contributed by atoms with Crippen molar-refractivity contribution in [2.24, 2.45) is 5.92 Å². The molecule has 1 aromatic carbocycles. The molecule has 0 spiro atoms. The molecule has 0 heterocycles. The summed E-state index contributed by atoms with van der Waals surface area (Å²) in [6.07, 6.45) is 10.3. The molecule has 3 unspecified atom stereocenters. The third-order valence-corrected chi connectivity index (χ3v) is 3.82. The van der Waals surface area contributed by atoms with Crippen molar-refractivity contribution < 1.29 is 5.11 Å². The van der Waals surface area contributed by atoms with Gasteiger partial charge in [-0.25, -0.2) is 0 Å². The molecule has 96 valence electrons. The summed E-state index contributed by atoms with van der Waals surface area (Å²) in [4.78, 5) is 0. The molecule has 1 saturated carbocycles. The predicted octanol–water partition coefficient (Wildman–Crippen LogP) is 2.50. The molecule has 2 nitrogen and oxygen atoms in total. The molecular formula is C16H21NO. The molecule has 3 atom stereocenters. The second-order valence-corrected chi connectivity index (χ2v) is 5.01. The highest BCUT2D eigenvalue weighted by Crippen LogP contribution is 2.26. The quantitative estimate of drug-likeness (QED) is 0.796. The smallest absolute Gasteiger partial charge is 0.0945 e. The summed E-state index contributed by atoms with van der Waals surface area (Å²) in [5, 5.41) is 13.0. The first-order chi connectivity index (χ1) is 8.85. The number of nitrogens with one attached hydrogen (secondary N) is 1. The monoisotopic (exact) mass is 243 g/mol. The molecule has 0 aliphatic heterocycles. The molecule has 2 heteroatoms. The number of hydrogen-bond acceptors (Lipinski definition) is 2. The molecule has 1 fully saturated rings. The Morgan fingerprint density at radius 2 is 2.00 bits per heavy atom. The summed E-state index contributed by atoms with van der Waals surface area (Å²) in [6, 6.07) is 10.4. The highest BCUT2D eigenvalue weighted by Gasteiger charge is 2.26. The third-order valence-electron chi connectivity index (χ3n) is 3.82. The fraction of sp³-hybridized carbons (Fsp3) is 0.500. The Kier molecular flexibility index (Phi) is 4.81. The number of benzene rings is 1. The zero-order valence-electron chi connectivity index (χ0n) is 10.7. The van der Waals surface area contributed by atoms with E-state index in [-0.39, 0.29) is 12.6 Å². The maximum absolute atomic E-state index is 9.43. The van der Waals surface area contributed by atoms with Crippen molar-refractivity contribution >= 4 is 0 Å². The summed E-state index contributed by atoms with van der Waals surface area (Å²) in [5.74, 6) is 3.16. The number of aliphatic hydroxyl groups is 1.